The lowest BCUT2D eigenvalue weighted by Gasteiger charge is -2.23. The van der Waals surface area contributed by atoms with Gasteiger partial charge in [-0.3, -0.25) is 0 Å². The van der Waals surface area contributed by atoms with Crippen molar-refractivity contribution in [2.75, 3.05) is 6.61 Å². The van der Waals surface area contributed by atoms with Gasteiger partial charge in [-0.25, -0.2) is 0 Å². The van der Waals surface area contributed by atoms with Crippen molar-refractivity contribution in [2.45, 2.75) is 17.8 Å². The Morgan fingerprint density at radius 2 is 2.36 bits per heavy atom. The molecule has 0 aromatic heterocycles. The third kappa shape index (κ3) is 1.12. The molecule has 0 bridgehead atoms. The zero-order valence-electron chi connectivity index (χ0n) is 5.77. The van der Waals surface area contributed by atoms with Gasteiger partial charge < -0.3 is 20.1 Å². The molecule has 0 spiro atoms. The van der Waals surface area contributed by atoms with Gasteiger partial charge in [0.05, 0.1) is 6.61 Å². The molecule has 1 aliphatic rings. The topological polar surface area (TPSA) is 69.9 Å². The lowest BCUT2D eigenvalue weighted by atomic mass is 9.95. The second-order valence-corrected chi connectivity index (χ2v) is 2.36. The molecule has 4 nitrogen and oxygen atoms in total. The van der Waals surface area contributed by atoms with Gasteiger partial charge >= 0.3 is 0 Å². The first-order valence-corrected chi connectivity index (χ1v) is 3.13. The van der Waals surface area contributed by atoms with Crippen LogP contribution in [0.15, 0.2) is 0 Å². The van der Waals surface area contributed by atoms with Crippen molar-refractivity contribution >= 4 is 0 Å². The smallest absolute Gasteiger partial charge is 0.182 e. The molecule has 0 amide bonds. The number of rotatable bonds is 1. The zero-order chi connectivity index (χ0) is 8.48. The molecule has 1 aliphatic heterocycles. The minimum atomic E-state index is -1.78. The monoisotopic (exact) mass is 157 g/mol. The molecule has 1 saturated heterocycles. The summed E-state index contributed by atoms with van der Waals surface area (Å²) >= 11 is 0. The Bertz CT molecular complexity index is 185. The molecule has 61 valence electrons. The maximum absolute atomic E-state index is 9.43. The van der Waals surface area contributed by atoms with Crippen molar-refractivity contribution in [3.8, 4) is 12.3 Å². The average Bonchev–Trinajstić information content (AvgIpc) is 2.30. The van der Waals surface area contributed by atoms with Crippen LogP contribution in [-0.2, 0) is 4.74 Å². The maximum atomic E-state index is 9.43. The van der Waals surface area contributed by atoms with E-state index in [4.69, 9.17) is 21.4 Å². The Balaban J connectivity index is 2.80. The van der Waals surface area contributed by atoms with Crippen LogP contribution in [0.2, 0.25) is 0 Å². The Labute approximate surface area is 64.4 Å². The summed E-state index contributed by atoms with van der Waals surface area (Å²) in [5.41, 5.74) is -1.78. The van der Waals surface area contributed by atoms with Crippen molar-refractivity contribution in [1.29, 1.82) is 0 Å². The average molecular weight is 157 g/mol. The van der Waals surface area contributed by atoms with Crippen molar-refractivity contribution < 1.29 is 20.1 Å². The third-order valence-electron chi connectivity index (χ3n) is 1.71. The van der Waals surface area contributed by atoms with Crippen LogP contribution in [0.4, 0.5) is 0 Å². The van der Waals surface area contributed by atoms with Crippen LogP contribution in [0.25, 0.3) is 0 Å². The van der Waals surface area contributed by atoms with Crippen molar-refractivity contribution in [3.63, 3.8) is 0 Å². The highest BCUT2D eigenvalue weighted by Crippen LogP contribution is 2.27. The first kappa shape index (κ1) is 8.50. The van der Waals surface area contributed by atoms with Gasteiger partial charge in [0.1, 0.15) is 18.8 Å². The van der Waals surface area contributed by atoms with E-state index in [2.05, 4.69) is 0 Å². The van der Waals surface area contributed by atoms with Gasteiger partial charge in [-0.15, -0.1) is 6.42 Å². The molecule has 1 rings (SSSR count). The molecule has 0 unspecified atom stereocenters. The molecule has 4 heteroatoms. The van der Waals surface area contributed by atoms with Crippen LogP contribution in [0.5, 0.6) is 0 Å². The largest absolute Gasteiger partial charge is 0.394 e. The van der Waals surface area contributed by atoms with E-state index in [1.807, 2.05) is 5.92 Å². The molecule has 0 aromatic rings. The van der Waals surface area contributed by atoms with Crippen LogP contribution in [0.1, 0.15) is 0 Å². The number of terminal acetylenes is 1. The molecule has 1 radical (unpaired) electrons. The van der Waals surface area contributed by atoms with E-state index < -0.39 is 24.4 Å². The summed E-state index contributed by atoms with van der Waals surface area (Å²) in [5.74, 6) is 1.98. The lowest BCUT2D eigenvalue weighted by molar-refractivity contribution is -0.0509. The SMILES string of the molecule is C#C[C@]1(O)[C@@H](O)[CH]O[C@@H]1CO. The van der Waals surface area contributed by atoms with Crippen LogP contribution in [0, 0.1) is 19.0 Å². The van der Waals surface area contributed by atoms with Gasteiger partial charge in [0.15, 0.2) is 5.60 Å². The predicted molar refractivity (Wildman–Crippen MR) is 36.0 cm³/mol. The standard InChI is InChI=1S/C7H9O4/c1-2-7(10)5(9)4-11-6(7)3-8/h1,4-6,8-10H,3H2/t5-,6+,7-/m0/s1. The first-order valence-electron chi connectivity index (χ1n) is 3.13. The van der Waals surface area contributed by atoms with E-state index >= 15 is 0 Å². The molecular formula is C7H9O4. The Morgan fingerprint density at radius 1 is 1.73 bits per heavy atom. The van der Waals surface area contributed by atoms with Crippen LogP contribution >= 0.6 is 0 Å². The summed E-state index contributed by atoms with van der Waals surface area (Å²) in [6.07, 6.45) is 2.79. The predicted octanol–water partition coefficient (Wildman–Crippen LogP) is -1.74. The molecule has 1 heterocycles. The molecule has 3 atom stereocenters. The van der Waals surface area contributed by atoms with Gasteiger partial charge in [0, 0.05) is 0 Å². The first-order chi connectivity index (χ1) is 5.15. The fourth-order valence-corrected chi connectivity index (χ4v) is 0.928. The van der Waals surface area contributed by atoms with Gasteiger partial charge in [0.2, 0.25) is 0 Å². The number of hydrogen-bond donors (Lipinski definition) is 3. The normalized spacial score (nSPS) is 43.8. The number of hydrogen-bond acceptors (Lipinski definition) is 4. The van der Waals surface area contributed by atoms with E-state index in [9.17, 15) is 5.11 Å². The van der Waals surface area contributed by atoms with Gasteiger partial charge in [-0.1, -0.05) is 5.92 Å². The van der Waals surface area contributed by atoms with Crippen LogP contribution in [-0.4, -0.2) is 39.7 Å². The molecule has 0 aromatic carbocycles. The van der Waals surface area contributed by atoms with E-state index in [1.165, 1.54) is 0 Å². The fourth-order valence-electron chi connectivity index (χ4n) is 0.928. The van der Waals surface area contributed by atoms with Crippen molar-refractivity contribution in [1.82, 2.24) is 0 Å². The summed E-state index contributed by atoms with van der Waals surface area (Å²) < 4.78 is 4.70. The van der Waals surface area contributed by atoms with E-state index in [1.54, 1.807) is 0 Å². The van der Waals surface area contributed by atoms with Crippen molar-refractivity contribution in [2.24, 2.45) is 0 Å². The quantitative estimate of drug-likeness (QED) is 0.395. The van der Waals surface area contributed by atoms with Gasteiger partial charge in [-0.05, 0) is 0 Å². The zero-order valence-corrected chi connectivity index (χ0v) is 5.77. The molecule has 1 fully saturated rings. The maximum Gasteiger partial charge on any atom is 0.182 e. The lowest BCUT2D eigenvalue weighted by Crippen LogP contribution is -2.46. The molecule has 0 saturated carbocycles. The summed E-state index contributed by atoms with van der Waals surface area (Å²) in [5, 5.41) is 27.1. The number of aliphatic hydroxyl groups excluding tert-OH is 2. The second kappa shape index (κ2) is 2.80. The summed E-state index contributed by atoms with van der Waals surface area (Å²) in [7, 11) is 0. The Morgan fingerprint density at radius 3 is 2.73 bits per heavy atom. The molecule has 11 heavy (non-hydrogen) atoms. The summed E-state index contributed by atoms with van der Waals surface area (Å²) in [6.45, 7) is 0.592. The highest BCUT2D eigenvalue weighted by Gasteiger charge is 2.48. The third-order valence-corrected chi connectivity index (χ3v) is 1.71. The van der Waals surface area contributed by atoms with E-state index in [0.29, 0.717) is 0 Å². The molecule has 3 N–H and O–H groups in total. The Hall–Kier alpha value is -0.600. The molecule has 0 aliphatic carbocycles. The minimum absolute atomic E-state index is 0.422. The Kier molecular flexibility index (Phi) is 2.16. The van der Waals surface area contributed by atoms with Gasteiger partial charge in [-0.2, -0.15) is 0 Å². The highest BCUT2D eigenvalue weighted by atomic mass is 16.5. The number of ether oxygens (including phenoxy) is 1. The van der Waals surface area contributed by atoms with E-state index in [0.717, 1.165) is 6.61 Å². The molecular weight excluding hydrogens is 148 g/mol. The van der Waals surface area contributed by atoms with E-state index in [-0.39, 0.29) is 0 Å². The minimum Gasteiger partial charge on any atom is -0.394 e. The summed E-state index contributed by atoms with van der Waals surface area (Å²) in [6, 6.07) is 0. The highest BCUT2D eigenvalue weighted by molar-refractivity contribution is 5.20. The summed E-state index contributed by atoms with van der Waals surface area (Å²) in [4.78, 5) is 0. The van der Waals surface area contributed by atoms with Crippen molar-refractivity contribution in [3.05, 3.63) is 6.61 Å². The van der Waals surface area contributed by atoms with Crippen LogP contribution < -0.4 is 0 Å². The van der Waals surface area contributed by atoms with Gasteiger partial charge in [0.25, 0.3) is 0 Å². The fraction of sp³-hybridized carbons (Fsp3) is 0.571. The van der Waals surface area contributed by atoms with Crippen LogP contribution in [0.3, 0.4) is 0 Å². The number of aliphatic hydroxyl groups is 3. The second-order valence-electron chi connectivity index (χ2n) is 2.36.